The van der Waals surface area contributed by atoms with E-state index < -0.39 is 10.0 Å². The first-order chi connectivity index (χ1) is 14.3. The predicted molar refractivity (Wildman–Crippen MR) is 121 cm³/mol. The standard InChI is InChI=1S/C20H25BrN4O3S2/c1-13-3-4-15(11-14(13)2)16-12-17(23-22-16)20(26)24-7-9-25(10-8-24)30(27,28)19-6-5-18(21)29-19/h3-6,11,16-17,22-23H,7-10,12H2,1-2H3. The zero-order valence-electron chi connectivity index (χ0n) is 16.9. The van der Waals surface area contributed by atoms with Crippen molar-refractivity contribution in [2.24, 2.45) is 0 Å². The van der Waals surface area contributed by atoms with Crippen molar-refractivity contribution in [1.82, 2.24) is 20.1 Å². The topological polar surface area (TPSA) is 81.8 Å². The van der Waals surface area contributed by atoms with Gasteiger partial charge >= 0.3 is 0 Å². The maximum Gasteiger partial charge on any atom is 0.252 e. The van der Waals surface area contributed by atoms with Crippen LogP contribution in [0.25, 0.3) is 0 Å². The second-order valence-electron chi connectivity index (χ2n) is 7.76. The lowest BCUT2D eigenvalue weighted by molar-refractivity contribution is -0.134. The summed E-state index contributed by atoms with van der Waals surface area (Å²) < 4.78 is 28.1. The molecule has 10 heteroatoms. The second kappa shape index (κ2) is 8.68. The van der Waals surface area contributed by atoms with Crippen LogP contribution in [-0.4, -0.2) is 55.8 Å². The molecule has 0 aliphatic carbocycles. The van der Waals surface area contributed by atoms with Crippen molar-refractivity contribution < 1.29 is 13.2 Å². The van der Waals surface area contributed by atoms with Crippen molar-refractivity contribution in [3.05, 3.63) is 50.8 Å². The highest BCUT2D eigenvalue weighted by atomic mass is 79.9. The first-order valence-electron chi connectivity index (χ1n) is 9.88. The Morgan fingerprint density at radius 1 is 1.07 bits per heavy atom. The smallest absolute Gasteiger partial charge is 0.252 e. The summed E-state index contributed by atoms with van der Waals surface area (Å²) in [5, 5.41) is 0. The van der Waals surface area contributed by atoms with Crippen LogP contribution in [0.5, 0.6) is 0 Å². The number of piperazine rings is 1. The highest BCUT2D eigenvalue weighted by Gasteiger charge is 2.36. The van der Waals surface area contributed by atoms with E-state index in [0.29, 0.717) is 36.8 Å². The summed E-state index contributed by atoms with van der Waals surface area (Å²) in [6.07, 6.45) is 0.670. The van der Waals surface area contributed by atoms with E-state index in [0.717, 1.165) is 3.79 Å². The van der Waals surface area contributed by atoms with Crippen molar-refractivity contribution >= 4 is 43.2 Å². The molecule has 2 unspecified atom stereocenters. The predicted octanol–water partition coefficient (Wildman–Crippen LogP) is 2.57. The summed E-state index contributed by atoms with van der Waals surface area (Å²) in [7, 11) is -3.51. The molecule has 0 spiro atoms. The van der Waals surface area contributed by atoms with Gasteiger partial charge in [-0.05, 0) is 65.0 Å². The fraction of sp³-hybridized carbons (Fsp3) is 0.450. The van der Waals surface area contributed by atoms with Crippen LogP contribution >= 0.6 is 27.3 Å². The van der Waals surface area contributed by atoms with Gasteiger partial charge < -0.3 is 4.90 Å². The van der Waals surface area contributed by atoms with Crippen molar-refractivity contribution in [3.8, 4) is 0 Å². The van der Waals surface area contributed by atoms with Crippen LogP contribution < -0.4 is 10.9 Å². The van der Waals surface area contributed by atoms with Crippen LogP contribution in [0.15, 0.2) is 38.3 Å². The number of aryl methyl sites for hydroxylation is 2. The van der Waals surface area contributed by atoms with Crippen molar-refractivity contribution in [2.45, 2.75) is 36.6 Å². The number of nitrogens with zero attached hydrogens (tertiary/aromatic N) is 2. The van der Waals surface area contributed by atoms with E-state index in [-0.39, 0.29) is 18.0 Å². The third kappa shape index (κ3) is 4.35. The van der Waals surface area contributed by atoms with Crippen molar-refractivity contribution in [3.63, 3.8) is 0 Å². The highest BCUT2D eigenvalue weighted by Crippen LogP contribution is 2.29. The Hall–Kier alpha value is -1.30. The molecule has 2 fully saturated rings. The zero-order chi connectivity index (χ0) is 21.5. The molecule has 2 aliphatic rings. The molecule has 2 aliphatic heterocycles. The monoisotopic (exact) mass is 512 g/mol. The lowest BCUT2D eigenvalue weighted by Gasteiger charge is -2.34. The molecule has 0 radical (unpaired) electrons. The van der Waals surface area contributed by atoms with Crippen molar-refractivity contribution in [1.29, 1.82) is 0 Å². The Balaban J connectivity index is 1.35. The number of halogens is 1. The minimum atomic E-state index is -3.51. The Labute approximate surface area is 189 Å². The molecule has 162 valence electrons. The summed E-state index contributed by atoms with van der Waals surface area (Å²) in [5.74, 6) is 0.0183. The first kappa shape index (κ1) is 21.9. The van der Waals surface area contributed by atoms with Gasteiger partial charge in [0.15, 0.2) is 0 Å². The first-order valence-corrected chi connectivity index (χ1v) is 12.9. The molecule has 2 aromatic rings. The van der Waals surface area contributed by atoms with E-state index >= 15 is 0 Å². The number of hydrazine groups is 1. The van der Waals surface area contributed by atoms with Crippen LogP contribution in [0, 0.1) is 13.8 Å². The molecular formula is C20H25BrN4O3S2. The summed E-state index contributed by atoms with van der Waals surface area (Å²) in [5.41, 5.74) is 10.0. The average molecular weight is 513 g/mol. The molecule has 2 saturated heterocycles. The van der Waals surface area contributed by atoms with E-state index in [1.54, 1.807) is 17.0 Å². The fourth-order valence-electron chi connectivity index (χ4n) is 3.85. The molecule has 0 bridgehead atoms. The third-order valence-corrected chi connectivity index (χ3v) is 9.82. The second-order valence-corrected chi connectivity index (χ2v) is 12.4. The Kier molecular flexibility index (Phi) is 6.34. The lowest BCUT2D eigenvalue weighted by Crippen LogP contribution is -2.54. The van der Waals surface area contributed by atoms with Gasteiger partial charge in [0.1, 0.15) is 10.3 Å². The molecule has 2 atom stereocenters. The quantitative estimate of drug-likeness (QED) is 0.657. The largest absolute Gasteiger partial charge is 0.339 e. The number of hydrogen-bond acceptors (Lipinski definition) is 6. The highest BCUT2D eigenvalue weighted by molar-refractivity contribution is 9.11. The van der Waals surface area contributed by atoms with Gasteiger partial charge in [0.05, 0.1) is 3.79 Å². The molecule has 30 heavy (non-hydrogen) atoms. The summed E-state index contributed by atoms with van der Waals surface area (Å²) in [4.78, 5) is 14.7. The fourth-order valence-corrected chi connectivity index (χ4v) is 7.44. The summed E-state index contributed by atoms with van der Waals surface area (Å²) in [6.45, 7) is 5.60. The molecule has 3 heterocycles. The molecule has 4 rings (SSSR count). The number of amides is 1. The zero-order valence-corrected chi connectivity index (χ0v) is 20.1. The number of sulfonamides is 1. The molecule has 0 saturated carbocycles. The van der Waals surface area contributed by atoms with E-state index in [4.69, 9.17) is 0 Å². The molecule has 2 N–H and O–H groups in total. The van der Waals surface area contributed by atoms with Gasteiger partial charge in [0, 0.05) is 32.2 Å². The van der Waals surface area contributed by atoms with Gasteiger partial charge in [0.2, 0.25) is 5.91 Å². The van der Waals surface area contributed by atoms with Crippen LogP contribution in [0.1, 0.15) is 29.2 Å². The Morgan fingerprint density at radius 3 is 2.43 bits per heavy atom. The van der Waals surface area contributed by atoms with E-state index in [1.165, 1.54) is 32.3 Å². The minimum absolute atomic E-state index is 0.0183. The van der Waals surface area contributed by atoms with Gasteiger partial charge in [-0.1, -0.05) is 18.2 Å². The number of hydrogen-bond donors (Lipinski definition) is 2. The van der Waals surface area contributed by atoms with Crippen LogP contribution in [0.3, 0.4) is 0 Å². The Bertz CT molecular complexity index is 1050. The van der Waals surface area contributed by atoms with Crippen LogP contribution in [0.4, 0.5) is 0 Å². The molecule has 1 aromatic heterocycles. The average Bonchev–Trinajstić information content (AvgIpc) is 3.39. The Morgan fingerprint density at radius 2 is 1.80 bits per heavy atom. The van der Waals surface area contributed by atoms with Gasteiger partial charge in [-0.25, -0.2) is 19.3 Å². The molecule has 7 nitrogen and oxygen atoms in total. The van der Waals surface area contributed by atoms with E-state index in [2.05, 4.69) is 58.8 Å². The number of rotatable bonds is 4. The molecular weight excluding hydrogens is 488 g/mol. The van der Waals surface area contributed by atoms with Gasteiger partial charge in [-0.3, -0.25) is 4.79 Å². The van der Waals surface area contributed by atoms with Gasteiger partial charge in [-0.15, -0.1) is 11.3 Å². The third-order valence-electron chi connectivity index (χ3n) is 5.83. The molecule has 1 aromatic carbocycles. The number of thiophene rings is 1. The van der Waals surface area contributed by atoms with E-state index in [1.807, 2.05) is 0 Å². The summed E-state index contributed by atoms with van der Waals surface area (Å²) in [6, 6.07) is 9.48. The van der Waals surface area contributed by atoms with Gasteiger partial charge in [-0.2, -0.15) is 4.31 Å². The van der Waals surface area contributed by atoms with Crippen LogP contribution in [0.2, 0.25) is 0 Å². The van der Waals surface area contributed by atoms with E-state index in [9.17, 15) is 13.2 Å². The van der Waals surface area contributed by atoms with Crippen LogP contribution in [-0.2, 0) is 14.8 Å². The normalized spacial score (nSPS) is 23.1. The number of benzene rings is 1. The number of nitrogens with one attached hydrogen (secondary N) is 2. The number of carbonyl (C=O) groups is 1. The minimum Gasteiger partial charge on any atom is -0.339 e. The SMILES string of the molecule is Cc1ccc(C2CC(C(=O)N3CCN(S(=O)(=O)c4ccc(Br)s4)CC3)NN2)cc1C. The van der Waals surface area contributed by atoms with Gasteiger partial charge in [0.25, 0.3) is 10.0 Å². The maximum absolute atomic E-state index is 13.0. The molecule has 1 amide bonds. The summed E-state index contributed by atoms with van der Waals surface area (Å²) >= 11 is 4.52. The number of carbonyl (C=O) groups excluding carboxylic acids is 1. The lowest BCUT2D eigenvalue weighted by atomic mass is 9.98. The maximum atomic E-state index is 13.0. The van der Waals surface area contributed by atoms with Crippen molar-refractivity contribution in [2.75, 3.05) is 26.2 Å².